The minimum absolute atomic E-state index is 0.0336. The third kappa shape index (κ3) is 2.15. The van der Waals surface area contributed by atoms with Crippen molar-refractivity contribution in [2.75, 3.05) is 13.2 Å². The molecule has 3 rings (SSSR count). The first-order valence-corrected chi connectivity index (χ1v) is 6.61. The summed E-state index contributed by atoms with van der Waals surface area (Å²) in [5.41, 5.74) is 0.140. The number of amides is 1. The first kappa shape index (κ1) is 12.7. The second kappa shape index (κ2) is 5.00. The van der Waals surface area contributed by atoms with Crippen molar-refractivity contribution in [3.63, 3.8) is 0 Å². The number of rotatable bonds is 5. The van der Waals surface area contributed by atoms with Gasteiger partial charge in [-0.3, -0.25) is 4.79 Å². The number of carboxylic acids is 1. The van der Waals surface area contributed by atoms with Crippen LogP contribution in [0.4, 0.5) is 0 Å². The first-order chi connectivity index (χ1) is 9.66. The van der Waals surface area contributed by atoms with E-state index in [9.17, 15) is 9.59 Å². The summed E-state index contributed by atoms with van der Waals surface area (Å²) in [6.45, 7) is 0.783. The number of aromatic carboxylic acids is 1. The normalized spacial score (nSPS) is 23.4. The quantitative estimate of drug-likeness (QED) is 0.827. The molecule has 0 saturated carbocycles. The summed E-state index contributed by atoms with van der Waals surface area (Å²) in [7, 11) is 0. The molecule has 1 aromatic rings. The van der Waals surface area contributed by atoms with Crippen molar-refractivity contribution >= 4 is 11.9 Å². The zero-order valence-corrected chi connectivity index (χ0v) is 10.9. The van der Waals surface area contributed by atoms with Crippen molar-refractivity contribution in [1.29, 1.82) is 0 Å². The number of ether oxygens (including phenoxy) is 1. The highest BCUT2D eigenvalue weighted by molar-refractivity contribution is 5.90. The molecule has 0 spiro atoms. The van der Waals surface area contributed by atoms with E-state index >= 15 is 0 Å². The standard InChI is InChI=1S/C15H15NO4/c17-14-10-5-6-11(9-10)16(14)7-8-20-13-4-2-1-3-12(13)15(18)19/h1-6,10-11H,7-9H2,(H,18,19). The number of carbonyl (C=O) groups excluding carboxylic acids is 1. The summed E-state index contributed by atoms with van der Waals surface area (Å²) in [4.78, 5) is 24.8. The van der Waals surface area contributed by atoms with E-state index in [0.717, 1.165) is 6.42 Å². The van der Waals surface area contributed by atoms with Crippen LogP contribution in [0.1, 0.15) is 16.8 Å². The van der Waals surface area contributed by atoms with E-state index in [4.69, 9.17) is 9.84 Å². The fraction of sp³-hybridized carbons (Fsp3) is 0.333. The maximum Gasteiger partial charge on any atom is 0.339 e. The summed E-state index contributed by atoms with van der Waals surface area (Å²) in [6, 6.07) is 6.70. The zero-order valence-electron chi connectivity index (χ0n) is 10.9. The van der Waals surface area contributed by atoms with E-state index < -0.39 is 5.97 Å². The van der Waals surface area contributed by atoms with Crippen LogP contribution < -0.4 is 4.74 Å². The Labute approximate surface area is 116 Å². The summed E-state index contributed by atoms with van der Waals surface area (Å²) in [5, 5.41) is 9.05. The van der Waals surface area contributed by atoms with Gasteiger partial charge < -0.3 is 14.7 Å². The number of hydrogen-bond donors (Lipinski definition) is 1. The maximum atomic E-state index is 11.9. The molecule has 0 radical (unpaired) electrons. The molecule has 1 aliphatic heterocycles. The van der Waals surface area contributed by atoms with Crippen LogP contribution in [-0.4, -0.2) is 41.1 Å². The second-order valence-corrected chi connectivity index (χ2v) is 4.98. The fourth-order valence-electron chi connectivity index (χ4n) is 2.77. The number of likely N-dealkylation sites (tertiary alicyclic amines) is 1. The van der Waals surface area contributed by atoms with E-state index in [0.29, 0.717) is 18.9 Å². The van der Waals surface area contributed by atoms with Crippen molar-refractivity contribution in [1.82, 2.24) is 4.90 Å². The number of carboxylic acid groups (broad SMARTS) is 1. The molecule has 5 nitrogen and oxygen atoms in total. The van der Waals surface area contributed by atoms with Gasteiger partial charge in [-0.05, 0) is 18.6 Å². The fourth-order valence-corrected chi connectivity index (χ4v) is 2.77. The molecule has 1 amide bonds. The molecule has 1 aromatic carbocycles. The predicted molar refractivity (Wildman–Crippen MR) is 71.6 cm³/mol. The van der Waals surface area contributed by atoms with Crippen LogP contribution >= 0.6 is 0 Å². The summed E-state index contributed by atoms with van der Waals surface area (Å²) in [6.07, 6.45) is 4.88. The van der Waals surface area contributed by atoms with Crippen LogP contribution in [0.5, 0.6) is 5.75 Å². The number of fused-ring (bicyclic) bond motifs is 2. The number of carbonyl (C=O) groups is 2. The van der Waals surface area contributed by atoms with Crippen LogP contribution in [0.15, 0.2) is 36.4 Å². The monoisotopic (exact) mass is 273 g/mol. The molecule has 1 fully saturated rings. The zero-order chi connectivity index (χ0) is 14.1. The highest BCUT2D eigenvalue weighted by Crippen LogP contribution is 2.32. The van der Waals surface area contributed by atoms with Gasteiger partial charge in [0.25, 0.3) is 0 Å². The van der Waals surface area contributed by atoms with Crippen molar-refractivity contribution in [2.24, 2.45) is 5.92 Å². The number of nitrogens with zero attached hydrogens (tertiary/aromatic N) is 1. The van der Waals surface area contributed by atoms with Crippen LogP contribution in [0.2, 0.25) is 0 Å². The van der Waals surface area contributed by atoms with Gasteiger partial charge in [-0.15, -0.1) is 0 Å². The Balaban J connectivity index is 1.60. The molecule has 2 aliphatic rings. The molecule has 5 heteroatoms. The van der Waals surface area contributed by atoms with E-state index in [1.54, 1.807) is 23.1 Å². The smallest absolute Gasteiger partial charge is 0.339 e. The lowest BCUT2D eigenvalue weighted by atomic mass is 10.1. The van der Waals surface area contributed by atoms with Crippen LogP contribution in [-0.2, 0) is 4.79 Å². The average Bonchev–Trinajstić information content (AvgIpc) is 3.02. The Bertz CT molecular complexity index is 581. The van der Waals surface area contributed by atoms with Crippen molar-refractivity contribution in [2.45, 2.75) is 12.5 Å². The molecular formula is C15H15NO4. The van der Waals surface area contributed by atoms with Crippen molar-refractivity contribution in [3.05, 3.63) is 42.0 Å². The topological polar surface area (TPSA) is 66.8 Å². The lowest BCUT2D eigenvalue weighted by molar-refractivity contribution is -0.131. The maximum absolute atomic E-state index is 11.9. The first-order valence-electron chi connectivity index (χ1n) is 6.61. The van der Waals surface area contributed by atoms with Gasteiger partial charge in [0.15, 0.2) is 0 Å². The van der Waals surface area contributed by atoms with Gasteiger partial charge in [-0.25, -0.2) is 4.79 Å². The number of para-hydroxylation sites is 1. The van der Waals surface area contributed by atoms with Gasteiger partial charge in [-0.1, -0.05) is 24.3 Å². The molecule has 20 heavy (non-hydrogen) atoms. The highest BCUT2D eigenvalue weighted by Gasteiger charge is 2.40. The van der Waals surface area contributed by atoms with Gasteiger partial charge in [0.2, 0.25) is 5.91 Å². The molecule has 0 aromatic heterocycles. The molecule has 1 N–H and O–H groups in total. The van der Waals surface area contributed by atoms with Gasteiger partial charge in [0, 0.05) is 0 Å². The molecule has 1 heterocycles. The van der Waals surface area contributed by atoms with Gasteiger partial charge in [-0.2, -0.15) is 0 Å². The van der Waals surface area contributed by atoms with E-state index in [-0.39, 0.29) is 23.4 Å². The second-order valence-electron chi connectivity index (χ2n) is 4.98. The molecule has 1 saturated heterocycles. The average molecular weight is 273 g/mol. The number of hydrogen-bond acceptors (Lipinski definition) is 3. The molecule has 2 atom stereocenters. The van der Waals surface area contributed by atoms with E-state index in [2.05, 4.69) is 6.08 Å². The lowest BCUT2D eigenvalue weighted by Crippen LogP contribution is -2.37. The largest absolute Gasteiger partial charge is 0.491 e. The van der Waals surface area contributed by atoms with Crippen LogP contribution in [0.25, 0.3) is 0 Å². The lowest BCUT2D eigenvalue weighted by Gasteiger charge is -2.24. The minimum atomic E-state index is -1.01. The van der Waals surface area contributed by atoms with Gasteiger partial charge >= 0.3 is 5.97 Å². The highest BCUT2D eigenvalue weighted by atomic mass is 16.5. The molecular weight excluding hydrogens is 258 g/mol. The molecule has 1 aliphatic carbocycles. The predicted octanol–water partition coefficient (Wildman–Crippen LogP) is 1.55. The molecule has 104 valence electrons. The third-order valence-electron chi connectivity index (χ3n) is 3.77. The SMILES string of the molecule is O=C(O)c1ccccc1OCCN1C(=O)C2C=CC1C2. The number of benzene rings is 1. The summed E-state index contributed by atoms with van der Waals surface area (Å²) in [5.74, 6) is -0.494. The van der Waals surface area contributed by atoms with E-state index in [1.165, 1.54) is 6.07 Å². The Kier molecular flexibility index (Phi) is 3.18. The van der Waals surface area contributed by atoms with Crippen LogP contribution in [0, 0.1) is 5.92 Å². The molecule has 2 bridgehead atoms. The Morgan fingerprint density at radius 2 is 2.15 bits per heavy atom. The summed E-state index contributed by atoms with van der Waals surface area (Å²) >= 11 is 0. The Hall–Kier alpha value is -2.30. The summed E-state index contributed by atoms with van der Waals surface area (Å²) < 4.78 is 5.52. The van der Waals surface area contributed by atoms with Gasteiger partial charge in [0.1, 0.15) is 17.9 Å². The minimum Gasteiger partial charge on any atom is -0.491 e. The van der Waals surface area contributed by atoms with Crippen LogP contribution in [0.3, 0.4) is 0 Å². The van der Waals surface area contributed by atoms with Crippen molar-refractivity contribution in [3.8, 4) is 5.75 Å². The van der Waals surface area contributed by atoms with Crippen molar-refractivity contribution < 1.29 is 19.4 Å². The molecule has 2 unspecified atom stereocenters. The van der Waals surface area contributed by atoms with Gasteiger partial charge in [0.05, 0.1) is 18.5 Å². The van der Waals surface area contributed by atoms with E-state index in [1.807, 2.05) is 6.08 Å². The third-order valence-corrected chi connectivity index (χ3v) is 3.77. The Morgan fingerprint density at radius 1 is 1.35 bits per heavy atom. The Morgan fingerprint density at radius 3 is 2.85 bits per heavy atom.